The SMILES string of the molecule is C#CC(NCCC)C1CCCCC1C(F)(F)F. The van der Waals surface area contributed by atoms with Crippen molar-refractivity contribution in [2.75, 3.05) is 6.54 Å². The molecule has 1 saturated carbocycles. The van der Waals surface area contributed by atoms with Gasteiger partial charge in [-0.05, 0) is 31.7 Å². The molecule has 1 nitrogen and oxygen atoms in total. The summed E-state index contributed by atoms with van der Waals surface area (Å²) in [6.07, 6.45) is 4.44. The molecule has 0 radical (unpaired) electrons. The van der Waals surface area contributed by atoms with Crippen LogP contribution in [0.3, 0.4) is 0 Å². The van der Waals surface area contributed by atoms with E-state index >= 15 is 0 Å². The number of terminal acetylenes is 1. The molecule has 0 saturated heterocycles. The van der Waals surface area contributed by atoms with Gasteiger partial charge in [-0.2, -0.15) is 13.2 Å². The smallest absolute Gasteiger partial charge is 0.303 e. The molecule has 0 aliphatic heterocycles. The molecule has 1 aliphatic rings. The van der Waals surface area contributed by atoms with Crippen molar-refractivity contribution in [1.29, 1.82) is 0 Å². The lowest BCUT2D eigenvalue weighted by Crippen LogP contribution is -2.45. The fourth-order valence-corrected chi connectivity index (χ4v) is 2.60. The summed E-state index contributed by atoms with van der Waals surface area (Å²) in [5.41, 5.74) is 0. The van der Waals surface area contributed by atoms with E-state index in [9.17, 15) is 13.2 Å². The molecule has 0 aromatic heterocycles. The van der Waals surface area contributed by atoms with Crippen molar-refractivity contribution >= 4 is 0 Å². The summed E-state index contributed by atoms with van der Waals surface area (Å²) >= 11 is 0. The van der Waals surface area contributed by atoms with Gasteiger partial charge in [0.25, 0.3) is 0 Å². The molecule has 3 unspecified atom stereocenters. The molecular formula is C13H20F3N. The van der Waals surface area contributed by atoms with E-state index in [2.05, 4.69) is 11.2 Å². The van der Waals surface area contributed by atoms with Crippen molar-refractivity contribution in [3.8, 4) is 12.3 Å². The second kappa shape index (κ2) is 6.30. The summed E-state index contributed by atoms with van der Waals surface area (Å²) < 4.78 is 38.7. The molecule has 1 fully saturated rings. The normalized spacial score (nSPS) is 27.5. The lowest BCUT2D eigenvalue weighted by Gasteiger charge is -2.36. The van der Waals surface area contributed by atoms with E-state index < -0.39 is 24.1 Å². The first-order valence-electron chi connectivity index (χ1n) is 6.27. The molecule has 3 atom stereocenters. The first-order valence-corrected chi connectivity index (χ1v) is 6.27. The van der Waals surface area contributed by atoms with E-state index in [1.54, 1.807) is 0 Å². The van der Waals surface area contributed by atoms with Gasteiger partial charge in [0.2, 0.25) is 0 Å². The van der Waals surface area contributed by atoms with Crippen molar-refractivity contribution in [3.05, 3.63) is 0 Å². The van der Waals surface area contributed by atoms with Gasteiger partial charge in [0.15, 0.2) is 0 Å². The second-order valence-electron chi connectivity index (χ2n) is 4.69. The van der Waals surface area contributed by atoms with Crippen molar-refractivity contribution in [1.82, 2.24) is 5.32 Å². The molecule has 4 heteroatoms. The summed E-state index contributed by atoms with van der Waals surface area (Å²) in [6.45, 7) is 2.65. The van der Waals surface area contributed by atoms with Crippen LogP contribution < -0.4 is 5.32 Å². The van der Waals surface area contributed by atoms with Crippen LogP contribution in [-0.2, 0) is 0 Å². The maximum atomic E-state index is 12.9. The summed E-state index contributed by atoms with van der Waals surface area (Å²) in [7, 11) is 0. The number of hydrogen-bond donors (Lipinski definition) is 1. The Hall–Kier alpha value is -0.690. The highest BCUT2D eigenvalue weighted by atomic mass is 19.4. The second-order valence-corrected chi connectivity index (χ2v) is 4.69. The molecule has 0 amide bonds. The van der Waals surface area contributed by atoms with Gasteiger partial charge in [0.05, 0.1) is 12.0 Å². The molecule has 0 aromatic rings. The average molecular weight is 247 g/mol. The Bertz CT molecular complexity index is 267. The zero-order valence-electron chi connectivity index (χ0n) is 10.2. The fraction of sp³-hybridized carbons (Fsp3) is 0.846. The minimum Gasteiger partial charge on any atom is -0.303 e. The van der Waals surface area contributed by atoms with E-state index in [1.165, 1.54) is 0 Å². The van der Waals surface area contributed by atoms with E-state index in [0.717, 1.165) is 12.8 Å². The minimum atomic E-state index is -4.12. The molecule has 0 aromatic carbocycles. The standard InChI is InChI=1S/C13H20F3N/c1-3-9-17-12(4-2)10-7-5-6-8-11(10)13(14,15)16/h2,10-12,17H,3,5-9H2,1H3. The van der Waals surface area contributed by atoms with E-state index in [4.69, 9.17) is 6.42 Å². The quantitative estimate of drug-likeness (QED) is 0.751. The first-order chi connectivity index (χ1) is 8.00. The lowest BCUT2D eigenvalue weighted by atomic mass is 9.75. The number of rotatable bonds is 4. The van der Waals surface area contributed by atoms with Crippen LogP contribution >= 0.6 is 0 Å². The van der Waals surface area contributed by atoms with E-state index in [-0.39, 0.29) is 6.42 Å². The van der Waals surface area contributed by atoms with E-state index in [1.807, 2.05) is 6.92 Å². The maximum absolute atomic E-state index is 12.9. The molecule has 0 heterocycles. The van der Waals surface area contributed by atoms with Crippen molar-refractivity contribution in [3.63, 3.8) is 0 Å². The fourth-order valence-electron chi connectivity index (χ4n) is 2.60. The van der Waals surface area contributed by atoms with Crippen LogP contribution in [0.2, 0.25) is 0 Å². The summed E-state index contributed by atoms with van der Waals surface area (Å²) in [6, 6.07) is -0.443. The van der Waals surface area contributed by atoms with Crippen LogP contribution in [0.4, 0.5) is 13.2 Å². The molecule has 98 valence electrons. The average Bonchev–Trinajstić information content (AvgIpc) is 2.29. The minimum absolute atomic E-state index is 0.222. The predicted octanol–water partition coefficient (Wildman–Crippen LogP) is 3.36. The number of nitrogens with one attached hydrogen (secondary N) is 1. The third-order valence-electron chi connectivity index (χ3n) is 3.46. The van der Waals surface area contributed by atoms with Gasteiger partial charge >= 0.3 is 6.18 Å². The highest BCUT2D eigenvalue weighted by molar-refractivity contribution is 5.05. The third kappa shape index (κ3) is 3.92. The van der Waals surface area contributed by atoms with Gasteiger partial charge < -0.3 is 5.32 Å². The van der Waals surface area contributed by atoms with Gasteiger partial charge in [0.1, 0.15) is 0 Å². The van der Waals surface area contributed by atoms with Crippen LogP contribution in [0.5, 0.6) is 0 Å². The topological polar surface area (TPSA) is 12.0 Å². The van der Waals surface area contributed by atoms with Crippen molar-refractivity contribution in [2.24, 2.45) is 11.8 Å². The molecule has 1 N–H and O–H groups in total. The van der Waals surface area contributed by atoms with Crippen LogP contribution in [0.1, 0.15) is 39.0 Å². The lowest BCUT2D eigenvalue weighted by molar-refractivity contribution is -0.197. The zero-order chi connectivity index (χ0) is 12.9. The largest absolute Gasteiger partial charge is 0.392 e. The summed E-state index contributed by atoms with van der Waals surface area (Å²) in [4.78, 5) is 0. The Morgan fingerprint density at radius 1 is 1.35 bits per heavy atom. The zero-order valence-corrected chi connectivity index (χ0v) is 10.2. The molecule has 0 bridgehead atoms. The summed E-state index contributed by atoms with van der Waals surface area (Å²) in [5.74, 6) is 0.805. The Kier molecular flexibility index (Phi) is 5.32. The highest BCUT2D eigenvalue weighted by Crippen LogP contribution is 2.42. The van der Waals surface area contributed by atoms with E-state index in [0.29, 0.717) is 19.4 Å². The number of halogens is 3. The third-order valence-corrected chi connectivity index (χ3v) is 3.46. The van der Waals surface area contributed by atoms with Crippen molar-refractivity contribution in [2.45, 2.75) is 51.2 Å². The van der Waals surface area contributed by atoms with Gasteiger partial charge in [-0.15, -0.1) is 6.42 Å². The van der Waals surface area contributed by atoms with Crippen LogP contribution in [0.15, 0.2) is 0 Å². The van der Waals surface area contributed by atoms with Crippen LogP contribution in [-0.4, -0.2) is 18.8 Å². The molecule has 1 aliphatic carbocycles. The Morgan fingerprint density at radius 2 is 2.00 bits per heavy atom. The van der Waals surface area contributed by atoms with Gasteiger partial charge in [-0.3, -0.25) is 0 Å². The Morgan fingerprint density at radius 3 is 2.53 bits per heavy atom. The predicted molar refractivity (Wildman–Crippen MR) is 62.4 cm³/mol. The molecular weight excluding hydrogens is 227 g/mol. The van der Waals surface area contributed by atoms with Crippen molar-refractivity contribution < 1.29 is 13.2 Å². The molecule has 17 heavy (non-hydrogen) atoms. The first kappa shape index (κ1) is 14.4. The van der Waals surface area contributed by atoms with Gasteiger partial charge in [0, 0.05) is 0 Å². The van der Waals surface area contributed by atoms with Gasteiger partial charge in [-0.1, -0.05) is 25.7 Å². The van der Waals surface area contributed by atoms with Gasteiger partial charge in [-0.25, -0.2) is 0 Å². The molecule has 1 rings (SSSR count). The summed E-state index contributed by atoms with van der Waals surface area (Å²) in [5, 5.41) is 3.05. The highest BCUT2D eigenvalue weighted by Gasteiger charge is 2.47. The maximum Gasteiger partial charge on any atom is 0.392 e. The van der Waals surface area contributed by atoms with Crippen LogP contribution in [0, 0.1) is 24.2 Å². The Labute approximate surface area is 101 Å². The molecule has 0 spiro atoms. The number of alkyl halides is 3. The van der Waals surface area contributed by atoms with Crippen LogP contribution in [0.25, 0.3) is 0 Å². The monoisotopic (exact) mass is 247 g/mol. The number of hydrogen-bond acceptors (Lipinski definition) is 1. The Balaban J connectivity index is 2.72.